The number of nitrogens with one attached hydrogen (secondary N) is 1. The van der Waals surface area contributed by atoms with Gasteiger partial charge in [0.1, 0.15) is 6.54 Å². The minimum absolute atomic E-state index is 0.284. The molecule has 1 aliphatic heterocycles. The zero-order valence-corrected chi connectivity index (χ0v) is 19.9. The second-order valence-electron chi connectivity index (χ2n) is 8.11. The first-order valence-electron chi connectivity index (χ1n) is 11.0. The fourth-order valence-electron chi connectivity index (χ4n) is 3.69. The number of imide groups is 1. The molecule has 0 aliphatic carbocycles. The summed E-state index contributed by atoms with van der Waals surface area (Å²) in [5.41, 5.74) is 3.50. The molecule has 0 atom stereocenters. The second kappa shape index (κ2) is 10.2. The van der Waals surface area contributed by atoms with Crippen molar-refractivity contribution in [3.05, 3.63) is 66.6 Å². The summed E-state index contributed by atoms with van der Waals surface area (Å²) in [4.78, 5) is 28.8. The van der Waals surface area contributed by atoms with Crippen molar-refractivity contribution >= 4 is 27.6 Å². The van der Waals surface area contributed by atoms with Gasteiger partial charge in [-0.15, -0.1) is 0 Å². The summed E-state index contributed by atoms with van der Waals surface area (Å²) in [6.45, 7) is 3.14. The number of hydrogen-bond acceptors (Lipinski definition) is 7. The Morgan fingerprint density at radius 2 is 1.80 bits per heavy atom. The minimum Gasteiger partial charge on any atom is -0.436 e. The first-order valence-corrected chi connectivity index (χ1v) is 12.6. The van der Waals surface area contributed by atoms with E-state index in [1.807, 2.05) is 41.8 Å². The summed E-state index contributed by atoms with van der Waals surface area (Å²) in [6.07, 6.45) is 8.11. The lowest BCUT2D eigenvalue weighted by Crippen LogP contribution is -2.34. The summed E-state index contributed by atoms with van der Waals surface area (Å²) in [5, 5.41) is 3.25. The van der Waals surface area contributed by atoms with Gasteiger partial charge in [-0.25, -0.2) is 9.55 Å². The molecule has 3 heterocycles. The molecule has 1 aliphatic rings. The van der Waals surface area contributed by atoms with Gasteiger partial charge in [-0.1, -0.05) is 0 Å². The number of benzene rings is 1. The molecule has 35 heavy (non-hydrogen) atoms. The quantitative estimate of drug-likeness (QED) is 0.247. The van der Waals surface area contributed by atoms with Gasteiger partial charge in [0.05, 0.1) is 11.9 Å². The van der Waals surface area contributed by atoms with Crippen molar-refractivity contribution in [1.82, 2.24) is 9.88 Å². The van der Waals surface area contributed by atoms with E-state index in [0.717, 1.165) is 22.4 Å². The van der Waals surface area contributed by atoms with Gasteiger partial charge in [0.15, 0.2) is 18.2 Å². The minimum atomic E-state index is -3.96. The highest BCUT2D eigenvalue weighted by Gasteiger charge is 2.22. The maximum Gasteiger partial charge on any atom is 0.265 e. The van der Waals surface area contributed by atoms with Crippen LogP contribution in [0.25, 0.3) is 22.8 Å². The molecule has 4 rings (SSSR count). The lowest BCUT2D eigenvalue weighted by molar-refractivity contribution is -0.696. The Morgan fingerprint density at radius 1 is 1.09 bits per heavy atom. The van der Waals surface area contributed by atoms with E-state index in [1.165, 1.54) is 17.1 Å². The standard InChI is InChI=1S/C24H24N4O6S/c1-17-15-19(3-4-20(17)25-9-13-28-22(29)5-6-23(28)30)21-16-26-24(34-21)18-7-11-27(12-8-18)10-2-14-35(31,32)33/h3-8,11-12,15-16H,2,9-10,13-14H2,1H3,(H,31,32,33)/p+1. The first kappa shape index (κ1) is 24.3. The SMILES string of the molecule is Cc1cc(-c2cnc(-c3cc[n+](CCCS(=O)(=O)O)cc3)o2)ccc1NCCN1C(=O)C=CC1=O. The molecule has 182 valence electrons. The van der Waals surface area contributed by atoms with Crippen molar-refractivity contribution in [2.75, 3.05) is 24.2 Å². The number of pyridine rings is 1. The van der Waals surface area contributed by atoms with Crippen LogP contribution < -0.4 is 9.88 Å². The molecule has 0 saturated heterocycles. The van der Waals surface area contributed by atoms with Crippen molar-refractivity contribution in [1.29, 1.82) is 0 Å². The normalized spacial score (nSPS) is 13.6. The van der Waals surface area contributed by atoms with E-state index in [2.05, 4.69) is 10.3 Å². The van der Waals surface area contributed by atoms with E-state index in [9.17, 15) is 18.0 Å². The van der Waals surface area contributed by atoms with Crippen LogP contribution in [0.5, 0.6) is 0 Å². The number of oxazole rings is 1. The molecule has 0 fully saturated rings. The van der Waals surface area contributed by atoms with Gasteiger partial charge in [-0.2, -0.15) is 8.42 Å². The molecule has 2 N–H and O–H groups in total. The van der Waals surface area contributed by atoms with Gasteiger partial charge < -0.3 is 9.73 Å². The fourth-order valence-corrected chi connectivity index (χ4v) is 4.18. The third-order valence-electron chi connectivity index (χ3n) is 5.52. The number of amides is 2. The van der Waals surface area contributed by atoms with Crippen LogP contribution in [0, 0.1) is 6.92 Å². The first-order chi connectivity index (χ1) is 16.7. The molecular formula is C24H25N4O6S+. The molecule has 10 nitrogen and oxygen atoms in total. The molecule has 0 spiro atoms. The average molecular weight is 498 g/mol. The van der Waals surface area contributed by atoms with Gasteiger partial charge in [0, 0.05) is 60.6 Å². The molecular weight excluding hydrogens is 472 g/mol. The number of carbonyl (C=O) groups is 2. The Balaban J connectivity index is 1.36. The highest BCUT2D eigenvalue weighted by Crippen LogP contribution is 2.28. The van der Waals surface area contributed by atoms with Gasteiger partial charge in [0.25, 0.3) is 21.9 Å². The van der Waals surface area contributed by atoms with Gasteiger partial charge in [-0.05, 0) is 30.7 Å². The summed E-state index contributed by atoms with van der Waals surface area (Å²) >= 11 is 0. The molecule has 0 bridgehead atoms. The summed E-state index contributed by atoms with van der Waals surface area (Å²) in [7, 11) is -3.96. The van der Waals surface area contributed by atoms with Crippen molar-refractivity contribution < 1.29 is 31.5 Å². The van der Waals surface area contributed by atoms with Crippen LogP contribution in [0.15, 0.2) is 65.5 Å². The molecule has 2 amide bonds. The highest BCUT2D eigenvalue weighted by atomic mass is 32.2. The van der Waals surface area contributed by atoms with Gasteiger partial charge >= 0.3 is 0 Å². The maximum absolute atomic E-state index is 11.6. The Kier molecular flexibility index (Phi) is 7.08. The van der Waals surface area contributed by atoms with Gasteiger partial charge in [0.2, 0.25) is 5.89 Å². The summed E-state index contributed by atoms with van der Waals surface area (Å²) < 4.78 is 38.3. The Hall–Kier alpha value is -3.83. The van der Waals surface area contributed by atoms with Crippen LogP contribution in [0.3, 0.4) is 0 Å². The molecule has 0 unspecified atom stereocenters. The van der Waals surface area contributed by atoms with Crippen molar-refractivity contribution in [2.45, 2.75) is 19.9 Å². The number of carbonyl (C=O) groups excluding carboxylic acids is 2. The molecule has 11 heteroatoms. The van der Waals surface area contributed by atoms with Crippen LogP contribution in [0.4, 0.5) is 5.69 Å². The predicted molar refractivity (Wildman–Crippen MR) is 128 cm³/mol. The number of aryl methyl sites for hydroxylation is 2. The van der Waals surface area contributed by atoms with Crippen LogP contribution in [0.2, 0.25) is 0 Å². The smallest absolute Gasteiger partial charge is 0.265 e. The van der Waals surface area contributed by atoms with E-state index in [1.54, 1.807) is 18.6 Å². The zero-order valence-electron chi connectivity index (χ0n) is 19.0. The Morgan fingerprint density at radius 3 is 2.46 bits per heavy atom. The largest absolute Gasteiger partial charge is 0.436 e. The molecule has 3 aromatic rings. The van der Waals surface area contributed by atoms with E-state index < -0.39 is 10.1 Å². The highest BCUT2D eigenvalue weighted by molar-refractivity contribution is 7.85. The molecule has 2 aromatic heterocycles. The number of rotatable bonds is 10. The maximum atomic E-state index is 11.6. The van der Waals surface area contributed by atoms with E-state index in [-0.39, 0.29) is 24.1 Å². The summed E-state index contributed by atoms with van der Waals surface area (Å²) in [6, 6.07) is 9.44. The van der Waals surface area contributed by atoms with Gasteiger partial charge in [-0.3, -0.25) is 19.0 Å². The summed E-state index contributed by atoms with van der Waals surface area (Å²) in [5.74, 6) is 0.191. The Bertz CT molecular complexity index is 1360. The molecule has 0 saturated carbocycles. The van der Waals surface area contributed by atoms with E-state index in [0.29, 0.717) is 31.2 Å². The van der Waals surface area contributed by atoms with Crippen molar-refractivity contribution in [3.63, 3.8) is 0 Å². The monoisotopic (exact) mass is 497 g/mol. The molecule has 1 aromatic carbocycles. The third-order valence-corrected chi connectivity index (χ3v) is 6.33. The number of anilines is 1. The topological polar surface area (TPSA) is 134 Å². The van der Waals surface area contributed by atoms with Crippen molar-refractivity contribution in [3.8, 4) is 22.8 Å². The number of hydrogen-bond donors (Lipinski definition) is 2. The van der Waals surface area contributed by atoms with Crippen LogP contribution in [0.1, 0.15) is 12.0 Å². The third kappa shape index (κ3) is 6.19. The van der Waals surface area contributed by atoms with E-state index in [4.69, 9.17) is 8.97 Å². The Labute approximate surface area is 202 Å². The lowest BCUT2D eigenvalue weighted by Gasteiger charge is -2.16. The van der Waals surface area contributed by atoms with Crippen LogP contribution in [-0.4, -0.2) is 53.5 Å². The molecule has 0 radical (unpaired) electrons. The lowest BCUT2D eigenvalue weighted by atomic mass is 10.1. The van der Waals surface area contributed by atoms with Crippen LogP contribution in [-0.2, 0) is 26.3 Å². The zero-order chi connectivity index (χ0) is 25.0. The van der Waals surface area contributed by atoms with E-state index >= 15 is 0 Å². The number of nitrogens with zero attached hydrogens (tertiary/aromatic N) is 3. The fraction of sp³-hybridized carbons (Fsp3) is 0.250. The van der Waals surface area contributed by atoms with Crippen molar-refractivity contribution in [2.24, 2.45) is 0 Å². The second-order valence-corrected chi connectivity index (χ2v) is 9.68. The van der Waals surface area contributed by atoms with Crippen LogP contribution >= 0.6 is 0 Å². The predicted octanol–water partition coefficient (Wildman–Crippen LogP) is 2.22. The average Bonchev–Trinajstić information content (AvgIpc) is 3.42. The number of aromatic nitrogens is 2.